The molecule has 0 bridgehead atoms. The minimum Gasteiger partial charge on any atom is -0.351 e. The maximum atomic E-state index is 14.9. The number of anilines is 2. The Bertz CT molecular complexity index is 1030. The first-order valence-electron chi connectivity index (χ1n) is 9.55. The second-order valence-electron chi connectivity index (χ2n) is 7.06. The molecule has 0 aromatic heterocycles. The number of nitrogens with two attached hydrogens (primary N) is 1. The molecular weight excluding hydrogens is 412 g/mol. The van der Waals surface area contributed by atoms with Crippen molar-refractivity contribution in [3.05, 3.63) is 82.8 Å². The van der Waals surface area contributed by atoms with Gasteiger partial charge in [0.2, 0.25) is 0 Å². The van der Waals surface area contributed by atoms with E-state index in [0.29, 0.717) is 42.4 Å². The van der Waals surface area contributed by atoms with Crippen LogP contribution in [0.5, 0.6) is 0 Å². The van der Waals surface area contributed by atoms with Gasteiger partial charge in [-0.1, -0.05) is 24.8 Å². The van der Waals surface area contributed by atoms with E-state index in [1.165, 1.54) is 6.07 Å². The monoisotopic (exact) mass is 434 g/mol. The fourth-order valence-electron chi connectivity index (χ4n) is 3.17. The Balaban J connectivity index is 1.90. The largest absolute Gasteiger partial charge is 0.415 e. The first-order valence-corrected chi connectivity index (χ1v) is 9.55. The topological polar surface area (TPSA) is 79.2 Å². The lowest BCUT2D eigenvalue weighted by Gasteiger charge is -2.20. The number of hydrogen-bond donors (Lipinski definition) is 4. The number of halogens is 4. The minimum absolute atomic E-state index is 0.105. The van der Waals surface area contributed by atoms with Crippen LogP contribution in [0.2, 0.25) is 0 Å². The zero-order valence-corrected chi connectivity index (χ0v) is 16.6. The van der Waals surface area contributed by atoms with Crippen LogP contribution in [0.1, 0.15) is 16.7 Å². The first kappa shape index (κ1) is 22.5. The number of hydrogen-bond acceptors (Lipinski definition) is 4. The summed E-state index contributed by atoms with van der Waals surface area (Å²) in [5.41, 5.74) is 6.16. The van der Waals surface area contributed by atoms with Crippen molar-refractivity contribution in [3.63, 3.8) is 0 Å². The lowest BCUT2D eigenvalue weighted by molar-refractivity contribution is -0.112. The van der Waals surface area contributed by atoms with Crippen LogP contribution >= 0.6 is 0 Å². The van der Waals surface area contributed by atoms with Crippen molar-refractivity contribution in [2.45, 2.75) is 25.7 Å². The summed E-state index contributed by atoms with van der Waals surface area (Å²) in [5, 5.41) is 8.15. The highest BCUT2D eigenvalue weighted by atomic mass is 19.4. The van der Waals surface area contributed by atoms with Crippen LogP contribution in [0.15, 0.2) is 60.3 Å². The predicted octanol–water partition coefficient (Wildman–Crippen LogP) is 3.98. The van der Waals surface area contributed by atoms with E-state index in [1.807, 2.05) is 0 Å². The fraction of sp³-hybridized carbons (Fsp3) is 0.227. The molecule has 0 unspecified atom stereocenters. The van der Waals surface area contributed by atoms with Gasteiger partial charge in [-0.05, 0) is 53.9 Å². The maximum Gasteiger partial charge on any atom is 0.415 e. The van der Waals surface area contributed by atoms with Crippen LogP contribution in [0.4, 0.5) is 28.9 Å². The van der Waals surface area contributed by atoms with Crippen molar-refractivity contribution in [1.29, 1.82) is 0 Å². The van der Waals surface area contributed by atoms with Crippen molar-refractivity contribution in [3.8, 4) is 0 Å². The normalized spacial score (nSPS) is 14.0. The van der Waals surface area contributed by atoms with Gasteiger partial charge in [-0.2, -0.15) is 13.2 Å². The molecule has 1 aliphatic heterocycles. The maximum absolute atomic E-state index is 14.9. The minimum atomic E-state index is -4.73. The van der Waals surface area contributed by atoms with Crippen LogP contribution in [-0.2, 0) is 24.3 Å². The molecule has 2 aromatic rings. The van der Waals surface area contributed by atoms with Crippen molar-refractivity contribution < 1.29 is 22.4 Å². The van der Waals surface area contributed by atoms with Gasteiger partial charge in [-0.25, -0.2) is 4.39 Å². The Kier molecular flexibility index (Phi) is 6.77. The van der Waals surface area contributed by atoms with Gasteiger partial charge < -0.3 is 21.7 Å². The Morgan fingerprint density at radius 1 is 1.23 bits per heavy atom. The van der Waals surface area contributed by atoms with Gasteiger partial charge in [0.1, 0.15) is 11.5 Å². The molecule has 0 saturated carbocycles. The molecule has 9 heteroatoms. The van der Waals surface area contributed by atoms with E-state index in [4.69, 9.17) is 5.73 Å². The molecule has 2 aromatic carbocycles. The van der Waals surface area contributed by atoms with Gasteiger partial charge in [-0.15, -0.1) is 0 Å². The van der Waals surface area contributed by atoms with Crippen molar-refractivity contribution >= 4 is 17.3 Å². The molecule has 5 nitrogen and oxygen atoms in total. The molecule has 164 valence electrons. The lowest BCUT2D eigenvalue weighted by Crippen LogP contribution is -2.26. The summed E-state index contributed by atoms with van der Waals surface area (Å²) in [4.78, 5) is 12.8. The van der Waals surface area contributed by atoms with Crippen LogP contribution < -0.4 is 21.7 Å². The highest BCUT2D eigenvalue weighted by Crippen LogP contribution is 2.28. The zero-order chi connectivity index (χ0) is 22.6. The molecule has 0 fully saturated rings. The Morgan fingerprint density at radius 3 is 2.71 bits per heavy atom. The quantitative estimate of drug-likeness (QED) is 0.315. The Labute approximate surface area is 177 Å². The van der Waals surface area contributed by atoms with E-state index in [0.717, 1.165) is 5.56 Å². The number of carbonyl (C=O) groups excluding carboxylic acids is 1. The summed E-state index contributed by atoms with van der Waals surface area (Å²) in [6.07, 6.45) is -3.69. The number of amides is 1. The first-order chi connectivity index (χ1) is 14.7. The van der Waals surface area contributed by atoms with Crippen LogP contribution in [-0.4, -0.2) is 18.6 Å². The molecule has 3 rings (SSSR count). The van der Waals surface area contributed by atoms with E-state index in [1.54, 1.807) is 30.3 Å². The average Bonchev–Trinajstić information content (AvgIpc) is 2.74. The number of allylic oxidation sites excluding steroid dienone is 2. The number of rotatable bonds is 6. The number of benzene rings is 2. The predicted molar refractivity (Wildman–Crippen MR) is 112 cm³/mol. The molecule has 1 aliphatic rings. The van der Waals surface area contributed by atoms with Gasteiger partial charge in [0.15, 0.2) is 0 Å². The molecule has 0 saturated heterocycles. The highest BCUT2D eigenvalue weighted by molar-refractivity contribution is 6.06. The Morgan fingerprint density at radius 2 is 2.00 bits per heavy atom. The molecule has 5 N–H and O–H groups in total. The third-order valence-electron chi connectivity index (χ3n) is 4.82. The van der Waals surface area contributed by atoms with Crippen molar-refractivity contribution in [1.82, 2.24) is 5.32 Å². The fourth-order valence-corrected chi connectivity index (χ4v) is 3.17. The number of fused-ring (bicyclic) bond motifs is 1. The summed E-state index contributed by atoms with van der Waals surface area (Å²) < 4.78 is 53.9. The molecule has 0 aliphatic carbocycles. The third-order valence-corrected chi connectivity index (χ3v) is 4.82. The van der Waals surface area contributed by atoms with Gasteiger partial charge in [0, 0.05) is 18.8 Å². The molecule has 1 heterocycles. The summed E-state index contributed by atoms with van der Waals surface area (Å²) in [7, 11) is 0. The lowest BCUT2D eigenvalue weighted by atomic mass is 9.99. The zero-order valence-electron chi connectivity index (χ0n) is 16.6. The van der Waals surface area contributed by atoms with Crippen LogP contribution in [0.25, 0.3) is 0 Å². The summed E-state index contributed by atoms with van der Waals surface area (Å²) >= 11 is 0. The smallest absolute Gasteiger partial charge is 0.351 e. The standard InChI is InChI=1S/C22H22F4N4O/c1-13(22(24,25)26)9-19(29-16-4-2-3-14(10-16)11-27)21(31)30-18-6-5-15-12-28-8-7-17(15)20(18)23/h2-6,9-10,28-29H,1,7-8,11-12,27H2,(H,30,31)/b19-9-. The van der Waals surface area contributed by atoms with Crippen molar-refractivity contribution in [2.75, 3.05) is 17.2 Å². The van der Waals surface area contributed by atoms with Gasteiger partial charge >= 0.3 is 6.18 Å². The van der Waals surface area contributed by atoms with Crippen molar-refractivity contribution in [2.24, 2.45) is 5.73 Å². The van der Waals surface area contributed by atoms with Gasteiger partial charge in [-0.3, -0.25) is 4.79 Å². The molecule has 1 amide bonds. The Hall–Kier alpha value is -3.17. The van der Waals surface area contributed by atoms with E-state index < -0.39 is 29.2 Å². The second-order valence-corrected chi connectivity index (χ2v) is 7.06. The number of nitrogens with one attached hydrogen (secondary N) is 3. The summed E-state index contributed by atoms with van der Waals surface area (Å²) in [6.45, 7) is 4.30. The van der Waals surface area contributed by atoms with E-state index >= 15 is 0 Å². The summed E-state index contributed by atoms with van der Waals surface area (Å²) in [5.74, 6) is -1.53. The highest BCUT2D eigenvalue weighted by Gasteiger charge is 2.31. The van der Waals surface area contributed by atoms with Crippen LogP contribution in [0.3, 0.4) is 0 Å². The molecule has 0 spiro atoms. The molecule has 0 atom stereocenters. The van der Waals surface area contributed by atoms with E-state index in [-0.39, 0.29) is 12.2 Å². The second kappa shape index (κ2) is 9.32. The van der Waals surface area contributed by atoms with Crippen LogP contribution in [0, 0.1) is 5.82 Å². The molecule has 0 radical (unpaired) electrons. The molecule has 31 heavy (non-hydrogen) atoms. The van der Waals surface area contributed by atoms with Gasteiger partial charge in [0.25, 0.3) is 5.91 Å². The SMILES string of the molecule is C=C(/C=C(\Nc1cccc(CN)c1)C(=O)Nc1ccc2c(c1F)CCNC2)C(F)(F)F. The third kappa shape index (κ3) is 5.50. The molecular formula is C22H22F4N4O. The number of carbonyl (C=O) groups is 1. The average molecular weight is 434 g/mol. The summed E-state index contributed by atoms with van der Waals surface area (Å²) in [6, 6.07) is 9.63. The van der Waals surface area contributed by atoms with E-state index in [2.05, 4.69) is 22.5 Å². The van der Waals surface area contributed by atoms with Gasteiger partial charge in [0.05, 0.1) is 11.3 Å². The number of alkyl halides is 3. The van der Waals surface area contributed by atoms with E-state index in [9.17, 15) is 22.4 Å².